The highest BCUT2D eigenvalue weighted by Gasteiger charge is 2.32. The zero-order chi connectivity index (χ0) is 17.9. The van der Waals surface area contributed by atoms with Crippen LogP contribution in [0.3, 0.4) is 0 Å². The molecule has 0 radical (unpaired) electrons. The van der Waals surface area contributed by atoms with E-state index in [9.17, 15) is 5.11 Å². The van der Waals surface area contributed by atoms with Crippen LogP contribution in [0, 0.1) is 6.92 Å². The molecule has 0 aliphatic carbocycles. The van der Waals surface area contributed by atoms with Gasteiger partial charge in [0.25, 0.3) is 0 Å². The molecular weight excluding hydrogens is 332 g/mol. The van der Waals surface area contributed by atoms with Gasteiger partial charge in [0.15, 0.2) is 0 Å². The van der Waals surface area contributed by atoms with E-state index in [0.29, 0.717) is 17.3 Å². The Morgan fingerprint density at radius 2 is 1.72 bits per heavy atom. The quantitative estimate of drug-likeness (QED) is 0.643. The van der Waals surface area contributed by atoms with Gasteiger partial charge in [-0.1, -0.05) is 54.4 Å². The van der Waals surface area contributed by atoms with E-state index in [0.717, 1.165) is 22.4 Å². The fraction of sp³-hybridized carbons (Fsp3) is 0.190. The smallest absolute Gasteiger partial charge is 0.136 e. The van der Waals surface area contributed by atoms with Crippen LogP contribution >= 0.6 is 11.6 Å². The summed E-state index contributed by atoms with van der Waals surface area (Å²) in [6.07, 6.45) is 2.25. The van der Waals surface area contributed by atoms with Crippen molar-refractivity contribution in [1.29, 1.82) is 0 Å². The van der Waals surface area contributed by atoms with Crippen LogP contribution in [0.2, 0.25) is 5.02 Å². The molecule has 4 heteroatoms. The van der Waals surface area contributed by atoms with Crippen molar-refractivity contribution in [2.45, 2.75) is 25.9 Å². The molecule has 1 atom stereocenters. The van der Waals surface area contributed by atoms with Crippen LogP contribution in [0.25, 0.3) is 0 Å². The summed E-state index contributed by atoms with van der Waals surface area (Å²) in [4.78, 5) is 4.45. The molecule has 2 aromatic carbocycles. The summed E-state index contributed by atoms with van der Waals surface area (Å²) in [6, 6.07) is 19.1. The SMILES string of the molecule is CCC(O)(c1ccc(C)cc1)c1cccnc1Nc1ccc(Cl)cc1. The molecule has 0 aliphatic heterocycles. The average Bonchev–Trinajstić information content (AvgIpc) is 2.64. The summed E-state index contributed by atoms with van der Waals surface area (Å²) < 4.78 is 0. The lowest BCUT2D eigenvalue weighted by Gasteiger charge is -2.30. The molecule has 0 spiro atoms. The highest BCUT2D eigenvalue weighted by molar-refractivity contribution is 6.30. The molecule has 1 heterocycles. The van der Waals surface area contributed by atoms with Crippen molar-refractivity contribution >= 4 is 23.1 Å². The first-order valence-electron chi connectivity index (χ1n) is 8.30. The van der Waals surface area contributed by atoms with Gasteiger partial charge in [0.2, 0.25) is 0 Å². The first kappa shape index (κ1) is 17.5. The third-order valence-corrected chi connectivity index (χ3v) is 4.65. The minimum Gasteiger partial charge on any atom is -0.380 e. The molecule has 3 aromatic rings. The molecule has 0 saturated heterocycles. The number of hydrogen-bond acceptors (Lipinski definition) is 3. The number of nitrogens with one attached hydrogen (secondary N) is 1. The molecule has 0 saturated carbocycles. The molecule has 0 bridgehead atoms. The minimum atomic E-state index is -1.11. The predicted molar refractivity (Wildman–Crippen MR) is 103 cm³/mol. The molecular formula is C21H21ClN2O. The van der Waals surface area contributed by atoms with Crippen LogP contribution in [-0.2, 0) is 5.60 Å². The van der Waals surface area contributed by atoms with E-state index in [4.69, 9.17) is 11.6 Å². The maximum Gasteiger partial charge on any atom is 0.136 e. The van der Waals surface area contributed by atoms with Gasteiger partial charge in [0.05, 0.1) is 0 Å². The Morgan fingerprint density at radius 3 is 2.36 bits per heavy atom. The summed E-state index contributed by atoms with van der Waals surface area (Å²) in [5.41, 5.74) is 2.51. The van der Waals surface area contributed by atoms with E-state index in [1.165, 1.54) is 0 Å². The van der Waals surface area contributed by atoms with Gasteiger partial charge in [0.1, 0.15) is 11.4 Å². The average molecular weight is 353 g/mol. The Labute approximate surface area is 153 Å². The van der Waals surface area contributed by atoms with Gasteiger partial charge in [-0.25, -0.2) is 4.98 Å². The third kappa shape index (κ3) is 3.68. The van der Waals surface area contributed by atoms with E-state index in [1.54, 1.807) is 6.20 Å². The van der Waals surface area contributed by atoms with Gasteiger partial charge in [-0.05, 0) is 49.2 Å². The molecule has 0 fully saturated rings. The van der Waals surface area contributed by atoms with Crippen LogP contribution in [0.1, 0.15) is 30.0 Å². The van der Waals surface area contributed by atoms with E-state index in [-0.39, 0.29) is 0 Å². The van der Waals surface area contributed by atoms with Crippen molar-refractivity contribution in [1.82, 2.24) is 4.98 Å². The highest BCUT2D eigenvalue weighted by Crippen LogP contribution is 2.37. The molecule has 2 N–H and O–H groups in total. The molecule has 25 heavy (non-hydrogen) atoms. The fourth-order valence-corrected chi connectivity index (χ4v) is 3.01. The van der Waals surface area contributed by atoms with E-state index in [2.05, 4.69) is 10.3 Å². The number of anilines is 2. The van der Waals surface area contributed by atoms with E-state index >= 15 is 0 Å². The molecule has 3 rings (SSSR count). The number of rotatable bonds is 5. The molecule has 0 amide bonds. The standard InChI is InChI=1S/C21H21ClN2O/c1-3-21(25,16-8-6-15(2)7-9-16)19-5-4-14-23-20(19)24-18-12-10-17(22)11-13-18/h4-14,25H,3H2,1-2H3,(H,23,24). The normalized spacial score (nSPS) is 13.3. The topological polar surface area (TPSA) is 45.2 Å². The largest absolute Gasteiger partial charge is 0.380 e. The Hall–Kier alpha value is -2.36. The van der Waals surface area contributed by atoms with Gasteiger partial charge in [0, 0.05) is 22.5 Å². The van der Waals surface area contributed by atoms with Crippen molar-refractivity contribution in [2.24, 2.45) is 0 Å². The second-order valence-electron chi connectivity index (χ2n) is 6.11. The molecule has 0 aliphatic rings. The highest BCUT2D eigenvalue weighted by atomic mass is 35.5. The van der Waals surface area contributed by atoms with Crippen LogP contribution in [-0.4, -0.2) is 10.1 Å². The lowest BCUT2D eigenvalue weighted by atomic mass is 9.84. The maximum absolute atomic E-state index is 11.5. The van der Waals surface area contributed by atoms with Crippen LogP contribution < -0.4 is 5.32 Å². The van der Waals surface area contributed by atoms with Gasteiger partial charge in [-0.3, -0.25) is 0 Å². The van der Waals surface area contributed by atoms with Crippen molar-refractivity contribution in [3.8, 4) is 0 Å². The van der Waals surface area contributed by atoms with Gasteiger partial charge in [-0.2, -0.15) is 0 Å². The van der Waals surface area contributed by atoms with Gasteiger partial charge in [-0.15, -0.1) is 0 Å². The monoisotopic (exact) mass is 352 g/mol. The second-order valence-corrected chi connectivity index (χ2v) is 6.55. The number of aliphatic hydroxyl groups is 1. The molecule has 1 unspecified atom stereocenters. The zero-order valence-electron chi connectivity index (χ0n) is 14.3. The Morgan fingerprint density at radius 1 is 1.04 bits per heavy atom. The minimum absolute atomic E-state index is 0.539. The molecule has 1 aromatic heterocycles. The van der Waals surface area contributed by atoms with E-state index in [1.807, 2.05) is 74.5 Å². The lowest BCUT2D eigenvalue weighted by Crippen LogP contribution is -2.27. The first-order valence-corrected chi connectivity index (χ1v) is 8.68. The Balaban J connectivity index is 2.03. The van der Waals surface area contributed by atoms with Gasteiger partial charge < -0.3 is 10.4 Å². The van der Waals surface area contributed by atoms with Crippen molar-refractivity contribution in [3.05, 3.63) is 88.6 Å². The zero-order valence-corrected chi connectivity index (χ0v) is 15.1. The van der Waals surface area contributed by atoms with Crippen molar-refractivity contribution in [2.75, 3.05) is 5.32 Å². The lowest BCUT2D eigenvalue weighted by molar-refractivity contribution is 0.0770. The summed E-state index contributed by atoms with van der Waals surface area (Å²) in [5, 5.41) is 15.4. The van der Waals surface area contributed by atoms with Crippen LogP contribution in [0.5, 0.6) is 0 Å². The number of benzene rings is 2. The number of aryl methyl sites for hydroxylation is 1. The first-order chi connectivity index (χ1) is 12.0. The summed E-state index contributed by atoms with van der Waals surface area (Å²) in [5.74, 6) is 0.634. The molecule has 3 nitrogen and oxygen atoms in total. The fourth-order valence-electron chi connectivity index (χ4n) is 2.89. The van der Waals surface area contributed by atoms with Crippen molar-refractivity contribution < 1.29 is 5.11 Å². The Bertz CT molecular complexity index is 847. The number of nitrogens with zero attached hydrogens (tertiary/aromatic N) is 1. The maximum atomic E-state index is 11.5. The van der Waals surface area contributed by atoms with E-state index < -0.39 is 5.60 Å². The summed E-state index contributed by atoms with van der Waals surface area (Å²) in [6.45, 7) is 4.01. The van der Waals surface area contributed by atoms with Crippen LogP contribution in [0.4, 0.5) is 11.5 Å². The third-order valence-electron chi connectivity index (χ3n) is 4.40. The summed E-state index contributed by atoms with van der Waals surface area (Å²) >= 11 is 5.95. The number of halogens is 1. The Kier molecular flexibility index (Phi) is 5.07. The van der Waals surface area contributed by atoms with Crippen LogP contribution in [0.15, 0.2) is 66.9 Å². The number of pyridine rings is 1. The van der Waals surface area contributed by atoms with Crippen molar-refractivity contribution in [3.63, 3.8) is 0 Å². The predicted octanol–water partition coefficient (Wildman–Crippen LogP) is 5.43. The number of aromatic nitrogens is 1. The van der Waals surface area contributed by atoms with Gasteiger partial charge >= 0.3 is 0 Å². The number of hydrogen-bond donors (Lipinski definition) is 2. The molecule has 128 valence electrons. The second kappa shape index (κ2) is 7.26. The summed E-state index contributed by atoms with van der Waals surface area (Å²) in [7, 11) is 0.